The van der Waals surface area contributed by atoms with Crippen molar-refractivity contribution in [3.63, 3.8) is 0 Å². The van der Waals surface area contributed by atoms with E-state index >= 15 is 0 Å². The molecule has 3 nitrogen and oxygen atoms in total. The summed E-state index contributed by atoms with van der Waals surface area (Å²) in [5.41, 5.74) is -0.452. The van der Waals surface area contributed by atoms with E-state index < -0.39 is 11.4 Å². The number of piperidine rings is 1. The van der Waals surface area contributed by atoms with E-state index in [-0.39, 0.29) is 11.7 Å². The SMILES string of the molecule is CC(C(=O)O)(c1cccc(F)c1)C1CCNCC1. The number of benzene rings is 1. The summed E-state index contributed by atoms with van der Waals surface area (Å²) in [5, 5.41) is 12.8. The van der Waals surface area contributed by atoms with Gasteiger partial charge in [-0.1, -0.05) is 12.1 Å². The molecule has 1 unspecified atom stereocenters. The van der Waals surface area contributed by atoms with Crippen LogP contribution in [0, 0.1) is 11.7 Å². The quantitative estimate of drug-likeness (QED) is 0.865. The minimum atomic E-state index is -1.01. The molecular formula is C14H18FNO2. The zero-order chi connectivity index (χ0) is 13.2. The third-order valence-electron chi connectivity index (χ3n) is 4.02. The molecule has 4 heteroatoms. The van der Waals surface area contributed by atoms with Crippen LogP contribution in [0.1, 0.15) is 25.3 Å². The Morgan fingerprint density at radius 2 is 2.11 bits per heavy atom. The number of halogens is 1. The van der Waals surface area contributed by atoms with Crippen molar-refractivity contribution in [1.82, 2.24) is 5.32 Å². The summed E-state index contributed by atoms with van der Waals surface area (Å²) in [4.78, 5) is 11.7. The van der Waals surface area contributed by atoms with Crippen LogP contribution in [-0.4, -0.2) is 24.2 Å². The Hall–Kier alpha value is -1.42. The van der Waals surface area contributed by atoms with Crippen molar-refractivity contribution in [3.05, 3.63) is 35.6 Å². The van der Waals surface area contributed by atoms with E-state index in [4.69, 9.17) is 0 Å². The first kappa shape index (κ1) is 13.0. The van der Waals surface area contributed by atoms with Crippen molar-refractivity contribution in [2.24, 2.45) is 5.92 Å². The summed E-state index contributed by atoms with van der Waals surface area (Å²) in [7, 11) is 0. The monoisotopic (exact) mass is 251 g/mol. The lowest BCUT2D eigenvalue weighted by Gasteiger charge is -2.37. The number of carbonyl (C=O) groups is 1. The van der Waals surface area contributed by atoms with Gasteiger partial charge in [-0.15, -0.1) is 0 Å². The second-order valence-corrected chi connectivity index (χ2v) is 5.04. The van der Waals surface area contributed by atoms with Crippen molar-refractivity contribution in [2.45, 2.75) is 25.2 Å². The fourth-order valence-corrected chi connectivity index (χ4v) is 2.74. The van der Waals surface area contributed by atoms with E-state index in [2.05, 4.69) is 5.32 Å². The predicted molar refractivity (Wildman–Crippen MR) is 67.0 cm³/mol. The smallest absolute Gasteiger partial charge is 0.314 e. The number of hydrogen-bond acceptors (Lipinski definition) is 2. The van der Waals surface area contributed by atoms with Crippen molar-refractivity contribution >= 4 is 5.97 Å². The second kappa shape index (κ2) is 5.06. The van der Waals surface area contributed by atoms with E-state index in [9.17, 15) is 14.3 Å². The number of hydrogen-bond donors (Lipinski definition) is 2. The Labute approximate surface area is 106 Å². The molecule has 0 aromatic heterocycles. The molecule has 1 aromatic rings. The molecule has 1 heterocycles. The number of aliphatic carboxylic acids is 1. The van der Waals surface area contributed by atoms with Gasteiger partial charge in [-0.3, -0.25) is 4.79 Å². The average Bonchev–Trinajstić information content (AvgIpc) is 2.38. The van der Waals surface area contributed by atoms with Crippen LogP contribution in [0.25, 0.3) is 0 Å². The van der Waals surface area contributed by atoms with Crippen LogP contribution < -0.4 is 5.32 Å². The Morgan fingerprint density at radius 3 is 2.67 bits per heavy atom. The summed E-state index contributed by atoms with van der Waals surface area (Å²) < 4.78 is 13.3. The van der Waals surface area contributed by atoms with Crippen molar-refractivity contribution in [2.75, 3.05) is 13.1 Å². The fourth-order valence-electron chi connectivity index (χ4n) is 2.74. The molecule has 0 spiro atoms. The van der Waals surface area contributed by atoms with Gasteiger partial charge in [-0.2, -0.15) is 0 Å². The molecule has 0 radical (unpaired) electrons. The molecule has 0 amide bonds. The standard InChI is InChI=1S/C14H18FNO2/c1-14(13(17)18,10-5-7-16-8-6-10)11-3-2-4-12(15)9-11/h2-4,9-10,16H,5-8H2,1H3,(H,17,18). The van der Waals surface area contributed by atoms with Gasteiger partial charge in [0, 0.05) is 0 Å². The number of carboxylic acids is 1. The second-order valence-electron chi connectivity index (χ2n) is 5.04. The normalized spacial score (nSPS) is 20.3. The first-order valence-electron chi connectivity index (χ1n) is 6.25. The van der Waals surface area contributed by atoms with Gasteiger partial charge in [-0.05, 0) is 56.5 Å². The molecule has 0 bridgehead atoms. The molecule has 1 aliphatic rings. The number of carboxylic acid groups (broad SMARTS) is 1. The lowest BCUT2D eigenvalue weighted by molar-refractivity contribution is -0.146. The van der Waals surface area contributed by atoms with Crippen LogP contribution in [0.4, 0.5) is 4.39 Å². The molecule has 0 saturated carbocycles. The van der Waals surface area contributed by atoms with Crippen LogP contribution >= 0.6 is 0 Å². The van der Waals surface area contributed by atoms with Gasteiger partial charge in [0.25, 0.3) is 0 Å². The predicted octanol–water partition coefficient (Wildman–Crippen LogP) is 2.17. The zero-order valence-electron chi connectivity index (χ0n) is 10.4. The largest absolute Gasteiger partial charge is 0.481 e. The zero-order valence-corrected chi connectivity index (χ0v) is 10.4. The average molecular weight is 251 g/mol. The number of nitrogens with one attached hydrogen (secondary N) is 1. The van der Waals surface area contributed by atoms with E-state index in [0.29, 0.717) is 5.56 Å². The lowest BCUT2D eigenvalue weighted by atomic mass is 9.68. The van der Waals surface area contributed by atoms with E-state index in [1.807, 2.05) is 0 Å². The van der Waals surface area contributed by atoms with Crippen molar-refractivity contribution in [3.8, 4) is 0 Å². The fraction of sp³-hybridized carbons (Fsp3) is 0.500. The maximum absolute atomic E-state index is 13.3. The van der Waals surface area contributed by atoms with E-state index in [0.717, 1.165) is 25.9 Å². The van der Waals surface area contributed by atoms with Gasteiger partial charge in [0.05, 0.1) is 5.41 Å². The summed E-state index contributed by atoms with van der Waals surface area (Å²) >= 11 is 0. The van der Waals surface area contributed by atoms with Gasteiger partial charge >= 0.3 is 5.97 Å². The Bertz CT molecular complexity index is 443. The summed E-state index contributed by atoms with van der Waals surface area (Å²) in [6.45, 7) is 3.35. The Kier molecular flexibility index (Phi) is 3.66. The summed E-state index contributed by atoms with van der Waals surface area (Å²) in [6, 6.07) is 5.97. The molecule has 18 heavy (non-hydrogen) atoms. The van der Waals surface area contributed by atoms with E-state index in [1.54, 1.807) is 19.1 Å². The number of rotatable bonds is 3. The third-order valence-corrected chi connectivity index (χ3v) is 4.02. The first-order chi connectivity index (χ1) is 8.55. The van der Waals surface area contributed by atoms with Crippen LogP contribution in [0.15, 0.2) is 24.3 Å². The third kappa shape index (κ3) is 2.25. The van der Waals surface area contributed by atoms with Crippen molar-refractivity contribution in [1.29, 1.82) is 0 Å². The highest BCUT2D eigenvalue weighted by atomic mass is 19.1. The van der Waals surface area contributed by atoms with Crippen LogP contribution in [0.2, 0.25) is 0 Å². The maximum Gasteiger partial charge on any atom is 0.314 e. The molecule has 98 valence electrons. The highest BCUT2D eigenvalue weighted by Gasteiger charge is 2.43. The topological polar surface area (TPSA) is 49.3 Å². The Morgan fingerprint density at radius 1 is 1.44 bits per heavy atom. The molecular weight excluding hydrogens is 233 g/mol. The molecule has 1 aromatic carbocycles. The van der Waals surface area contributed by atoms with Gasteiger partial charge in [-0.25, -0.2) is 4.39 Å². The van der Waals surface area contributed by atoms with Crippen LogP contribution in [0.5, 0.6) is 0 Å². The van der Waals surface area contributed by atoms with Gasteiger partial charge < -0.3 is 10.4 Å². The summed E-state index contributed by atoms with van der Waals surface area (Å²) in [6.07, 6.45) is 1.61. The van der Waals surface area contributed by atoms with E-state index in [1.165, 1.54) is 12.1 Å². The lowest BCUT2D eigenvalue weighted by Crippen LogP contribution is -2.45. The first-order valence-corrected chi connectivity index (χ1v) is 6.25. The molecule has 1 fully saturated rings. The molecule has 1 aliphatic heterocycles. The van der Waals surface area contributed by atoms with Crippen LogP contribution in [-0.2, 0) is 10.2 Å². The molecule has 2 N–H and O–H groups in total. The maximum atomic E-state index is 13.3. The minimum Gasteiger partial charge on any atom is -0.481 e. The molecule has 0 aliphatic carbocycles. The molecule has 1 saturated heterocycles. The Balaban J connectivity index is 2.39. The molecule has 1 atom stereocenters. The summed E-state index contributed by atoms with van der Waals surface area (Å²) in [5.74, 6) is -1.22. The van der Waals surface area contributed by atoms with Gasteiger partial charge in [0.1, 0.15) is 5.82 Å². The minimum absolute atomic E-state index is 0.0399. The van der Waals surface area contributed by atoms with Gasteiger partial charge in [0.15, 0.2) is 0 Å². The highest BCUT2D eigenvalue weighted by Crippen LogP contribution is 2.37. The molecule has 2 rings (SSSR count). The van der Waals surface area contributed by atoms with Crippen molar-refractivity contribution < 1.29 is 14.3 Å². The van der Waals surface area contributed by atoms with Gasteiger partial charge in [0.2, 0.25) is 0 Å². The van der Waals surface area contributed by atoms with Crippen LogP contribution in [0.3, 0.4) is 0 Å². The highest BCUT2D eigenvalue weighted by molar-refractivity contribution is 5.81.